The molecule has 0 atom stereocenters. The molecule has 0 spiro atoms. The van der Waals surface area contributed by atoms with Crippen LogP contribution in [-0.4, -0.2) is 22.3 Å². The van der Waals surface area contributed by atoms with Gasteiger partial charge in [-0.2, -0.15) is 10.2 Å². The molecule has 3 rings (SSSR count). The number of carbonyl (C=O) groups is 1. The van der Waals surface area contributed by atoms with E-state index in [0.717, 1.165) is 21.7 Å². The summed E-state index contributed by atoms with van der Waals surface area (Å²) in [7, 11) is 0. The second-order valence-corrected chi connectivity index (χ2v) is 6.86. The molecule has 0 unspecified atom stereocenters. The molecule has 1 amide bonds. The number of amides is 1. The first-order valence-electron chi connectivity index (χ1n) is 7.81. The number of hydrazone groups is 1. The number of nitrogens with one attached hydrogen (secondary N) is 2. The minimum atomic E-state index is -0.348. The van der Waals surface area contributed by atoms with E-state index >= 15 is 0 Å². The van der Waals surface area contributed by atoms with E-state index in [-0.39, 0.29) is 5.91 Å². The molecule has 5 nitrogen and oxygen atoms in total. The smallest absolute Gasteiger partial charge is 0.276 e. The van der Waals surface area contributed by atoms with E-state index in [1.165, 1.54) is 4.88 Å². The Kier molecular flexibility index (Phi) is 5.20. The van der Waals surface area contributed by atoms with Crippen molar-refractivity contribution >= 4 is 29.5 Å². The number of nitrogens with zero attached hydrogens (tertiary/aromatic N) is 2. The van der Waals surface area contributed by atoms with Gasteiger partial charge in [-0.15, -0.1) is 11.3 Å². The molecule has 1 aromatic carbocycles. The van der Waals surface area contributed by atoms with Gasteiger partial charge in [-0.25, -0.2) is 5.43 Å². The first-order chi connectivity index (χ1) is 12.1. The number of thiophene rings is 1. The highest BCUT2D eigenvalue weighted by Crippen LogP contribution is 2.26. The van der Waals surface area contributed by atoms with Crippen LogP contribution in [-0.2, 0) is 0 Å². The molecule has 0 aliphatic heterocycles. The van der Waals surface area contributed by atoms with Crippen molar-refractivity contribution in [2.24, 2.45) is 5.10 Å². The molecule has 0 fully saturated rings. The van der Waals surface area contributed by atoms with Crippen LogP contribution in [0.25, 0.3) is 16.6 Å². The maximum Gasteiger partial charge on any atom is 0.291 e. The minimum absolute atomic E-state index is 0.308. The number of H-pyrrole nitrogens is 1. The Morgan fingerprint density at radius 3 is 2.76 bits per heavy atom. The molecule has 2 heterocycles. The van der Waals surface area contributed by atoms with Gasteiger partial charge in [0, 0.05) is 4.88 Å². The van der Waals surface area contributed by atoms with E-state index < -0.39 is 0 Å². The number of aromatic nitrogens is 2. The maximum atomic E-state index is 12.1. The molecule has 0 saturated carbocycles. The molecular formula is C19H18N4OS. The molecule has 0 aliphatic rings. The topological polar surface area (TPSA) is 70.1 Å². The Labute approximate surface area is 150 Å². The maximum absolute atomic E-state index is 12.1. The summed E-state index contributed by atoms with van der Waals surface area (Å²) in [5, 5.41) is 10.9. The monoisotopic (exact) mass is 350 g/mol. The van der Waals surface area contributed by atoms with Crippen molar-refractivity contribution in [2.75, 3.05) is 0 Å². The predicted molar refractivity (Wildman–Crippen MR) is 103 cm³/mol. The third-order valence-corrected chi connectivity index (χ3v) is 4.48. The second kappa shape index (κ2) is 7.72. The zero-order chi connectivity index (χ0) is 17.6. The fourth-order valence-electron chi connectivity index (χ4n) is 2.24. The number of benzene rings is 1. The van der Waals surface area contributed by atoms with E-state index in [1.54, 1.807) is 23.6 Å². The lowest BCUT2D eigenvalue weighted by atomic mass is 10.1. The quantitative estimate of drug-likeness (QED) is 0.533. The van der Waals surface area contributed by atoms with Crippen LogP contribution in [0.4, 0.5) is 0 Å². The van der Waals surface area contributed by atoms with Gasteiger partial charge in [0.1, 0.15) is 0 Å². The van der Waals surface area contributed by atoms with Crippen LogP contribution in [0.5, 0.6) is 0 Å². The van der Waals surface area contributed by atoms with Crippen LogP contribution in [0.1, 0.15) is 27.9 Å². The number of aromatic amines is 1. The van der Waals surface area contributed by atoms with E-state index in [0.29, 0.717) is 5.69 Å². The largest absolute Gasteiger partial charge is 0.291 e. The number of carbonyl (C=O) groups excluding carboxylic acids is 1. The van der Waals surface area contributed by atoms with Gasteiger partial charge in [-0.1, -0.05) is 36.4 Å². The fourth-order valence-corrected chi connectivity index (χ4v) is 3.08. The molecule has 6 heteroatoms. The summed E-state index contributed by atoms with van der Waals surface area (Å²) in [5.41, 5.74) is 5.65. The van der Waals surface area contributed by atoms with Gasteiger partial charge in [0.05, 0.1) is 16.8 Å². The summed E-state index contributed by atoms with van der Waals surface area (Å²) in [5.74, 6) is -0.348. The first-order valence-corrected chi connectivity index (χ1v) is 8.62. The summed E-state index contributed by atoms with van der Waals surface area (Å²) in [6.07, 6.45) is 3.60. The lowest BCUT2D eigenvalue weighted by Crippen LogP contribution is -2.17. The summed E-state index contributed by atoms with van der Waals surface area (Å²) >= 11 is 1.65. The standard InChI is InChI=1S/C19H18N4OS/c1-13(10-15-6-4-3-5-7-15)12-20-23-19(24)17-11-16(21-22-17)18-9-8-14(2)25-18/h3-12H,1-2H3,(H,21,22)(H,23,24). The van der Waals surface area contributed by atoms with Crippen molar-refractivity contribution in [3.05, 3.63) is 70.2 Å². The van der Waals surface area contributed by atoms with Crippen molar-refractivity contribution < 1.29 is 4.79 Å². The zero-order valence-electron chi connectivity index (χ0n) is 14.0. The van der Waals surface area contributed by atoms with Crippen LogP contribution in [0.15, 0.2) is 59.2 Å². The van der Waals surface area contributed by atoms with Crippen LogP contribution in [0.2, 0.25) is 0 Å². The molecule has 2 N–H and O–H groups in total. The van der Waals surface area contributed by atoms with Gasteiger partial charge in [0.25, 0.3) is 5.91 Å². The number of rotatable bonds is 5. The molecule has 3 aromatic rings. The van der Waals surface area contributed by atoms with E-state index in [4.69, 9.17) is 0 Å². The van der Waals surface area contributed by atoms with Gasteiger partial charge in [0.2, 0.25) is 0 Å². The summed E-state index contributed by atoms with van der Waals surface area (Å²) in [6, 6.07) is 15.7. The van der Waals surface area contributed by atoms with E-state index in [1.807, 2.05) is 62.4 Å². The predicted octanol–water partition coefficient (Wildman–Crippen LogP) is 4.27. The minimum Gasteiger partial charge on any atom is -0.276 e. The van der Waals surface area contributed by atoms with Gasteiger partial charge >= 0.3 is 0 Å². The second-order valence-electron chi connectivity index (χ2n) is 5.58. The normalized spacial score (nSPS) is 11.8. The van der Waals surface area contributed by atoms with Crippen molar-refractivity contribution in [3.63, 3.8) is 0 Å². The van der Waals surface area contributed by atoms with Gasteiger partial charge in [0.15, 0.2) is 5.69 Å². The summed E-state index contributed by atoms with van der Waals surface area (Å²) in [6.45, 7) is 3.96. The fraction of sp³-hybridized carbons (Fsp3) is 0.105. The highest BCUT2D eigenvalue weighted by molar-refractivity contribution is 7.15. The van der Waals surface area contributed by atoms with Crippen LogP contribution >= 0.6 is 11.3 Å². The average molecular weight is 350 g/mol. The van der Waals surface area contributed by atoms with Crippen LogP contribution in [0, 0.1) is 6.92 Å². The molecular weight excluding hydrogens is 332 g/mol. The number of hydrogen-bond acceptors (Lipinski definition) is 4. The lowest BCUT2D eigenvalue weighted by Gasteiger charge is -1.96. The summed E-state index contributed by atoms with van der Waals surface area (Å²) < 4.78 is 0. The molecule has 126 valence electrons. The molecule has 0 saturated heterocycles. The van der Waals surface area contributed by atoms with Crippen molar-refractivity contribution in [2.45, 2.75) is 13.8 Å². The lowest BCUT2D eigenvalue weighted by molar-refractivity contribution is 0.0950. The van der Waals surface area contributed by atoms with Crippen LogP contribution in [0.3, 0.4) is 0 Å². The van der Waals surface area contributed by atoms with Gasteiger partial charge in [-0.05, 0) is 43.2 Å². The molecule has 0 radical (unpaired) electrons. The number of allylic oxidation sites excluding steroid dienone is 1. The Bertz CT molecular complexity index is 922. The van der Waals surface area contributed by atoms with Crippen LogP contribution < -0.4 is 5.43 Å². The highest BCUT2D eigenvalue weighted by Gasteiger charge is 2.11. The Balaban J connectivity index is 1.61. The van der Waals surface area contributed by atoms with Gasteiger partial charge < -0.3 is 0 Å². The number of aryl methyl sites for hydroxylation is 1. The first kappa shape index (κ1) is 16.9. The molecule has 0 bridgehead atoms. The van der Waals surface area contributed by atoms with Crippen molar-refractivity contribution in [1.82, 2.24) is 15.6 Å². The van der Waals surface area contributed by atoms with Crippen molar-refractivity contribution in [3.8, 4) is 10.6 Å². The van der Waals surface area contributed by atoms with Crippen molar-refractivity contribution in [1.29, 1.82) is 0 Å². The average Bonchev–Trinajstić information content (AvgIpc) is 3.24. The highest BCUT2D eigenvalue weighted by atomic mass is 32.1. The van der Waals surface area contributed by atoms with Gasteiger partial charge in [-0.3, -0.25) is 9.89 Å². The molecule has 25 heavy (non-hydrogen) atoms. The third-order valence-electron chi connectivity index (χ3n) is 3.44. The Hall–Kier alpha value is -2.99. The Morgan fingerprint density at radius 2 is 2.04 bits per heavy atom. The molecule has 0 aliphatic carbocycles. The number of hydrogen-bond donors (Lipinski definition) is 2. The SMILES string of the molecule is CC(C=NNC(=O)c1cc(-c2ccc(C)s2)[nH]n1)=Cc1ccccc1. The third kappa shape index (κ3) is 4.51. The Morgan fingerprint density at radius 1 is 1.24 bits per heavy atom. The summed E-state index contributed by atoms with van der Waals surface area (Å²) in [4.78, 5) is 14.4. The molecule has 2 aromatic heterocycles. The van der Waals surface area contributed by atoms with E-state index in [9.17, 15) is 4.79 Å². The van der Waals surface area contributed by atoms with E-state index in [2.05, 4.69) is 20.7 Å². The zero-order valence-corrected chi connectivity index (χ0v) is 14.8.